The Hall–Kier alpha value is -0.690. The summed E-state index contributed by atoms with van der Waals surface area (Å²) < 4.78 is 37.5. The highest BCUT2D eigenvalue weighted by molar-refractivity contribution is 7.88. The minimum atomic E-state index is -3.07. The fraction of sp³-hybridized carbons (Fsp3) is 0.875. The number of rotatable bonds is 9. The standard InChI is InChI=1S/C32H53NO4S/c1-23(10-6-5-8-20-33-38(4,34)35)27-14-15-28-26-13-12-24-22-25(37-30-11-7-9-21-36-30)16-18-31(24,2)29(26)17-19-32(27,28)3/h10,12,25-30,33H,5-9,11,13-22H2,1-4H3/b23-10+/t25-,26-,27+,28-,29-,30?,31-,32+/m0/s1. The lowest BCUT2D eigenvalue weighted by atomic mass is 9.47. The van der Waals surface area contributed by atoms with E-state index in [1.807, 2.05) is 0 Å². The summed E-state index contributed by atoms with van der Waals surface area (Å²) in [5.41, 5.74) is 4.08. The summed E-state index contributed by atoms with van der Waals surface area (Å²) >= 11 is 0. The highest BCUT2D eigenvalue weighted by atomic mass is 32.2. The molecular weight excluding hydrogens is 494 g/mol. The van der Waals surface area contributed by atoms with E-state index in [4.69, 9.17) is 9.47 Å². The van der Waals surface area contributed by atoms with Crippen LogP contribution in [-0.4, -0.2) is 40.2 Å². The third-order valence-electron chi connectivity index (χ3n) is 11.6. The van der Waals surface area contributed by atoms with Crippen LogP contribution >= 0.6 is 0 Å². The lowest BCUT2D eigenvalue weighted by Gasteiger charge is -2.58. The molecule has 1 N–H and O–H groups in total. The van der Waals surface area contributed by atoms with Gasteiger partial charge in [0.1, 0.15) is 0 Å². The van der Waals surface area contributed by atoms with Crippen molar-refractivity contribution >= 4 is 10.0 Å². The van der Waals surface area contributed by atoms with Crippen LogP contribution in [0, 0.1) is 34.5 Å². The van der Waals surface area contributed by atoms with Gasteiger partial charge in [0.2, 0.25) is 10.0 Å². The molecule has 5 rings (SSSR count). The zero-order chi connectivity index (χ0) is 27.0. The van der Waals surface area contributed by atoms with Crippen LogP contribution in [0.3, 0.4) is 0 Å². The number of allylic oxidation sites excluding steroid dienone is 3. The molecule has 8 atom stereocenters. The monoisotopic (exact) mass is 547 g/mol. The number of unbranched alkanes of at least 4 members (excludes halogenated alkanes) is 2. The van der Waals surface area contributed by atoms with Crippen molar-refractivity contribution in [2.45, 2.75) is 123 Å². The molecule has 38 heavy (non-hydrogen) atoms. The molecule has 4 fully saturated rings. The molecule has 0 aromatic rings. The molecule has 0 amide bonds. The van der Waals surface area contributed by atoms with Crippen molar-refractivity contribution in [1.29, 1.82) is 0 Å². The number of sulfonamides is 1. The van der Waals surface area contributed by atoms with Crippen molar-refractivity contribution in [3.63, 3.8) is 0 Å². The third-order valence-corrected chi connectivity index (χ3v) is 12.3. The fourth-order valence-electron chi connectivity index (χ4n) is 9.52. The van der Waals surface area contributed by atoms with Crippen LogP contribution in [-0.2, 0) is 19.5 Å². The van der Waals surface area contributed by atoms with E-state index >= 15 is 0 Å². The lowest BCUT2D eigenvalue weighted by molar-refractivity contribution is -0.195. The van der Waals surface area contributed by atoms with E-state index in [1.165, 1.54) is 64.0 Å². The zero-order valence-corrected chi connectivity index (χ0v) is 25.3. The first-order valence-corrected chi connectivity index (χ1v) is 17.6. The summed E-state index contributed by atoms with van der Waals surface area (Å²) in [7, 11) is -3.07. The predicted molar refractivity (Wildman–Crippen MR) is 154 cm³/mol. The van der Waals surface area contributed by atoms with Crippen LogP contribution < -0.4 is 4.72 Å². The van der Waals surface area contributed by atoms with Crippen LogP contribution in [0.4, 0.5) is 0 Å². The van der Waals surface area contributed by atoms with E-state index in [2.05, 4.69) is 37.6 Å². The van der Waals surface area contributed by atoms with Gasteiger partial charge in [0.15, 0.2) is 6.29 Å². The summed E-state index contributed by atoms with van der Waals surface area (Å²) in [4.78, 5) is 0. The Labute approximate surface area is 232 Å². The van der Waals surface area contributed by atoms with Crippen molar-refractivity contribution in [2.75, 3.05) is 19.4 Å². The van der Waals surface area contributed by atoms with E-state index in [-0.39, 0.29) is 6.29 Å². The molecular formula is C32H53NO4S. The summed E-state index contributed by atoms with van der Waals surface area (Å²) in [5.74, 6) is 3.22. The Morgan fingerprint density at radius 2 is 1.95 bits per heavy atom. The Morgan fingerprint density at radius 3 is 2.71 bits per heavy atom. The van der Waals surface area contributed by atoms with Gasteiger partial charge in [-0.3, -0.25) is 0 Å². The van der Waals surface area contributed by atoms with E-state index in [0.717, 1.165) is 56.5 Å². The van der Waals surface area contributed by atoms with Crippen LogP contribution in [0.25, 0.3) is 0 Å². The number of nitrogens with one attached hydrogen (secondary N) is 1. The van der Waals surface area contributed by atoms with Gasteiger partial charge in [0.25, 0.3) is 0 Å². The normalized spacial score (nSPS) is 41.7. The molecule has 0 aromatic carbocycles. The summed E-state index contributed by atoms with van der Waals surface area (Å²) in [6.07, 6.45) is 23.5. The molecule has 0 spiro atoms. The molecule has 1 aliphatic heterocycles. The maximum absolute atomic E-state index is 11.3. The van der Waals surface area contributed by atoms with Gasteiger partial charge < -0.3 is 9.47 Å². The second-order valence-electron chi connectivity index (χ2n) is 13.8. The Balaban J connectivity index is 1.19. The molecule has 0 bridgehead atoms. The number of hydrogen-bond acceptors (Lipinski definition) is 4. The average Bonchev–Trinajstić information content (AvgIpc) is 3.23. The minimum Gasteiger partial charge on any atom is -0.353 e. The van der Waals surface area contributed by atoms with Gasteiger partial charge >= 0.3 is 0 Å². The number of hydrogen-bond donors (Lipinski definition) is 1. The topological polar surface area (TPSA) is 64.6 Å². The molecule has 1 saturated heterocycles. The van der Waals surface area contributed by atoms with E-state index in [0.29, 0.717) is 29.4 Å². The first-order chi connectivity index (χ1) is 18.1. The van der Waals surface area contributed by atoms with Crippen LogP contribution in [0.2, 0.25) is 0 Å². The van der Waals surface area contributed by atoms with Crippen molar-refractivity contribution in [1.82, 2.24) is 4.72 Å². The summed E-state index contributed by atoms with van der Waals surface area (Å²) in [6, 6.07) is 0. The van der Waals surface area contributed by atoms with Gasteiger partial charge in [-0.1, -0.05) is 37.1 Å². The maximum Gasteiger partial charge on any atom is 0.208 e. The Bertz CT molecular complexity index is 999. The van der Waals surface area contributed by atoms with Crippen molar-refractivity contribution in [2.24, 2.45) is 34.5 Å². The molecule has 0 aromatic heterocycles. The largest absolute Gasteiger partial charge is 0.353 e. The SMILES string of the molecule is C/C(=C\CCCCNS(C)(=O)=O)[C@H]1CC[C@H]2[C@@H]3CC=C4C[C@@H](OC5CCCCO5)CC[C@]4(C)[C@H]3CC[C@]12C. The fourth-order valence-corrected chi connectivity index (χ4v) is 10.0. The second-order valence-corrected chi connectivity index (χ2v) is 15.7. The molecule has 4 aliphatic carbocycles. The summed E-state index contributed by atoms with van der Waals surface area (Å²) in [5, 5.41) is 0. The van der Waals surface area contributed by atoms with Gasteiger partial charge in [0, 0.05) is 13.2 Å². The van der Waals surface area contributed by atoms with Crippen molar-refractivity contribution in [3.8, 4) is 0 Å². The highest BCUT2D eigenvalue weighted by Crippen LogP contribution is 2.67. The van der Waals surface area contributed by atoms with Crippen LogP contribution in [0.1, 0.15) is 111 Å². The maximum atomic E-state index is 11.3. The Morgan fingerprint density at radius 1 is 1.11 bits per heavy atom. The van der Waals surface area contributed by atoms with Gasteiger partial charge in [-0.25, -0.2) is 13.1 Å². The molecule has 3 saturated carbocycles. The molecule has 5 nitrogen and oxygen atoms in total. The molecule has 1 unspecified atom stereocenters. The quantitative estimate of drug-likeness (QED) is 0.246. The van der Waals surface area contributed by atoms with Gasteiger partial charge in [0.05, 0.1) is 12.4 Å². The number of ether oxygens (including phenoxy) is 2. The highest BCUT2D eigenvalue weighted by Gasteiger charge is 2.58. The molecule has 5 aliphatic rings. The molecule has 216 valence electrons. The number of fused-ring (bicyclic) bond motifs is 5. The zero-order valence-electron chi connectivity index (χ0n) is 24.5. The Kier molecular flexibility index (Phi) is 8.84. The lowest BCUT2D eigenvalue weighted by Crippen LogP contribution is -2.50. The summed E-state index contributed by atoms with van der Waals surface area (Å²) in [6.45, 7) is 9.00. The minimum absolute atomic E-state index is 0.0290. The third kappa shape index (κ3) is 5.99. The van der Waals surface area contributed by atoms with Crippen molar-refractivity contribution in [3.05, 3.63) is 23.3 Å². The smallest absolute Gasteiger partial charge is 0.208 e. The first-order valence-electron chi connectivity index (χ1n) is 15.7. The van der Waals surface area contributed by atoms with Gasteiger partial charge in [-0.15, -0.1) is 0 Å². The van der Waals surface area contributed by atoms with Gasteiger partial charge in [-0.2, -0.15) is 0 Å². The second kappa shape index (κ2) is 11.7. The van der Waals surface area contributed by atoms with Crippen molar-refractivity contribution < 1.29 is 17.9 Å². The average molecular weight is 548 g/mol. The molecule has 6 heteroatoms. The molecule has 0 radical (unpaired) electrons. The van der Waals surface area contributed by atoms with E-state index in [1.54, 1.807) is 11.1 Å². The van der Waals surface area contributed by atoms with Crippen LogP contribution in [0.5, 0.6) is 0 Å². The van der Waals surface area contributed by atoms with Gasteiger partial charge in [-0.05, 0) is 131 Å². The first kappa shape index (κ1) is 28.8. The molecule has 1 heterocycles. The predicted octanol–water partition coefficient (Wildman–Crippen LogP) is 7.14. The van der Waals surface area contributed by atoms with Crippen LogP contribution in [0.15, 0.2) is 23.3 Å². The van der Waals surface area contributed by atoms with E-state index in [9.17, 15) is 8.42 Å². The van der Waals surface area contributed by atoms with E-state index < -0.39 is 10.0 Å².